The predicted octanol–water partition coefficient (Wildman–Crippen LogP) is 0.0738. The van der Waals surface area contributed by atoms with Gasteiger partial charge in [0.2, 0.25) is 0 Å². The molecule has 0 atom stereocenters. The van der Waals surface area contributed by atoms with Gasteiger partial charge in [0.1, 0.15) is 16.5 Å². The first-order chi connectivity index (χ1) is 7.04. The van der Waals surface area contributed by atoms with Crippen molar-refractivity contribution in [1.82, 2.24) is 15.4 Å². The van der Waals surface area contributed by atoms with Crippen molar-refractivity contribution in [3.8, 4) is 6.07 Å². The number of fused-ring (bicyclic) bond motifs is 1. The first-order valence-electron chi connectivity index (χ1n) is 3.75. The summed E-state index contributed by atoms with van der Waals surface area (Å²) in [5.74, 6) is 0. The second-order valence-electron chi connectivity index (χ2n) is 2.74. The maximum atomic E-state index is 11.0. The van der Waals surface area contributed by atoms with Crippen molar-refractivity contribution in [3.63, 3.8) is 0 Å². The molecule has 1 heterocycles. The van der Waals surface area contributed by atoms with Crippen LogP contribution in [0.3, 0.4) is 0 Å². The molecule has 2 N–H and O–H groups in total. The molecule has 9 heteroatoms. The van der Waals surface area contributed by atoms with E-state index in [-0.39, 0.29) is 33.5 Å². The minimum atomic E-state index is -4.49. The number of nitrogens with zero attached hydrogens (tertiary/aromatic N) is 3. The summed E-state index contributed by atoms with van der Waals surface area (Å²) in [6.07, 6.45) is 0. The average molecular weight is 332 g/mol. The van der Waals surface area contributed by atoms with Gasteiger partial charge in [-0.1, -0.05) is 5.21 Å². The van der Waals surface area contributed by atoms with Gasteiger partial charge in [0.25, 0.3) is 10.1 Å². The molecular weight excluding hydrogens is 328 g/mol. The molecule has 0 aliphatic carbocycles. The smallest absolute Gasteiger partial charge is 0.282 e. The van der Waals surface area contributed by atoms with Gasteiger partial charge in [-0.15, -0.1) is 5.10 Å². The van der Waals surface area contributed by atoms with Crippen LogP contribution in [0, 0.1) is 11.3 Å². The molecule has 1 radical (unpaired) electrons. The zero-order chi connectivity index (χ0) is 11.1. The summed E-state index contributed by atoms with van der Waals surface area (Å²) < 4.78 is 31.1. The van der Waals surface area contributed by atoms with Gasteiger partial charge in [-0.05, 0) is 12.1 Å². The summed E-state index contributed by atoms with van der Waals surface area (Å²) in [7, 11) is -4.49. The molecular formula is C7H4AgN4O3S. The zero-order valence-electron chi connectivity index (χ0n) is 7.47. The fraction of sp³-hybridized carbons (Fsp3) is 0. The molecule has 16 heavy (non-hydrogen) atoms. The molecule has 0 aliphatic heterocycles. The van der Waals surface area contributed by atoms with Gasteiger partial charge in [0.15, 0.2) is 0 Å². The van der Waals surface area contributed by atoms with Crippen LogP contribution in [0.1, 0.15) is 5.56 Å². The summed E-state index contributed by atoms with van der Waals surface area (Å²) in [4.78, 5) is -0.517. The van der Waals surface area contributed by atoms with Gasteiger partial charge in [-0.25, -0.2) is 0 Å². The van der Waals surface area contributed by atoms with Crippen LogP contribution in [-0.4, -0.2) is 28.4 Å². The molecule has 0 spiro atoms. The number of aromatic nitrogens is 3. The number of nitrogens with one attached hydrogen (secondary N) is 1. The molecule has 0 unspecified atom stereocenters. The number of hydrogen-bond acceptors (Lipinski definition) is 5. The molecule has 0 bridgehead atoms. The summed E-state index contributed by atoms with van der Waals surface area (Å²) in [6.45, 7) is 0. The third-order valence-corrected chi connectivity index (χ3v) is 2.76. The molecule has 2 aromatic rings. The minimum Gasteiger partial charge on any atom is -0.282 e. The Morgan fingerprint density at radius 1 is 1.44 bits per heavy atom. The normalized spacial score (nSPS) is 10.8. The van der Waals surface area contributed by atoms with Crippen molar-refractivity contribution in [3.05, 3.63) is 17.7 Å². The van der Waals surface area contributed by atoms with Crippen molar-refractivity contribution in [2.75, 3.05) is 0 Å². The molecule has 0 aliphatic rings. The molecule has 0 fully saturated rings. The second-order valence-corrected chi connectivity index (χ2v) is 4.10. The van der Waals surface area contributed by atoms with Gasteiger partial charge in [-0.3, -0.25) is 9.65 Å². The molecule has 0 saturated heterocycles. The Morgan fingerprint density at radius 2 is 2.12 bits per heavy atom. The quantitative estimate of drug-likeness (QED) is 0.563. The topological polar surface area (TPSA) is 120 Å². The number of H-pyrrole nitrogens is 1. The first-order valence-corrected chi connectivity index (χ1v) is 5.19. The van der Waals surface area contributed by atoms with Crippen molar-refractivity contribution < 1.29 is 35.4 Å². The fourth-order valence-corrected chi connectivity index (χ4v) is 2.03. The molecule has 0 saturated carbocycles. The van der Waals surface area contributed by atoms with E-state index in [4.69, 9.17) is 9.81 Å². The Hall–Kier alpha value is -1.24. The Kier molecular flexibility index (Phi) is 3.47. The number of hydrogen-bond donors (Lipinski definition) is 2. The van der Waals surface area contributed by atoms with Gasteiger partial charge < -0.3 is 0 Å². The Labute approximate surface area is 106 Å². The first kappa shape index (κ1) is 12.8. The number of benzene rings is 1. The summed E-state index contributed by atoms with van der Waals surface area (Å²) >= 11 is 0. The molecule has 0 amide bonds. The van der Waals surface area contributed by atoms with E-state index < -0.39 is 15.0 Å². The largest absolute Gasteiger partial charge is 0.298 e. The average Bonchev–Trinajstić information content (AvgIpc) is 2.61. The molecule has 7 nitrogen and oxygen atoms in total. The monoisotopic (exact) mass is 331 g/mol. The SMILES string of the molecule is N#Cc1ccc2[nH]nnc2c1S(=O)(=O)O.[Ag]. The van der Waals surface area contributed by atoms with Gasteiger partial charge >= 0.3 is 0 Å². The standard InChI is InChI=1S/C7H4N4O3S.Ag/c8-3-4-1-2-5-6(10-11-9-5)7(4)15(12,13)14;/h1-2H,(H,9,10,11)(H,12,13,14);. The van der Waals surface area contributed by atoms with Crippen LogP contribution in [0.2, 0.25) is 0 Å². The van der Waals surface area contributed by atoms with Gasteiger partial charge in [0.05, 0.1) is 11.1 Å². The van der Waals surface area contributed by atoms with E-state index in [1.165, 1.54) is 12.1 Å². The maximum Gasteiger partial charge on any atom is 0.298 e. The van der Waals surface area contributed by atoms with E-state index >= 15 is 0 Å². The van der Waals surface area contributed by atoms with Crippen molar-refractivity contribution in [1.29, 1.82) is 5.26 Å². The fourth-order valence-electron chi connectivity index (χ4n) is 1.24. The molecule has 1 aromatic carbocycles. The number of nitriles is 1. The van der Waals surface area contributed by atoms with Crippen molar-refractivity contribution >= 4 is 21.2 Å². The van der Waals surface area contributed by atoms with Crippen molar-refractivity contribution in [2.45, 2.75) is 4.90 Å². The van der Waals surface area contributed by atoms with E-state index in [0.717, 1.165) is 0 Å². The van der Waals surface area contributed by atoms with Crippen molar-refractivity contribution in [2.24, 2.45) is 0 Å². The predicted molar refractivity (Wildman–Crippen MR) is 48.4 cm³/mol. The molecule has 1 aromatic heterocycles. The molecule has 2 rings (SSSR count). The van der Waals surface area contributed by atoms with Crippen LogP contribution in [-0.2, 0) is 32.5 Å². The maximum absolute atomic E-state index is 11.0. The van der Waals surface area contributed by atoms with E-state index in [9.17, 15) is 8.42 Å². The van der Waals surface area contributed by atoms with E-state index in [1.54, 1.807) is 6.07 Å². The minimum absolute atomic E-state index is 0. The third-order valence-electron chi connectivity index (χ3n) is 1.83. The summed E-state index contributed by atoms with van der Waals surface area (Å²) in [5, 5.41) is 18.0. The van der Waals surface area contributed by atoms with Crippen LogP contribution in [0.5, 0.6) is 0 Å². The summed E-state index contributed by atoms with van der Waals surface area (Å²) in [5.41, 5.74) is 0.122. The third kappa shape index (κ3) is 1.99. The van der Waals surface area contributed by atoms with Crippen LogP contribution in [0.25, 0.3) is 11.0 Å². The van der Waals surface area contributed by atoms with Gasteiger partial charge in [-0.2, -0.15) is 13.7 Å². The van der Waals surface area contributed by atoms with E-state index in [0.29, 0.717) is 5.52 Å². The Balaban J connectivity index is 0.00000128. The molecule has 87 valence electrons. The van der Waals surface area contributed by atoms with Crippen LogP contribution in [0.15, 0.2) is 17.0 Å². The second kappa shape index (κ2) is 4.33. The van der Waals surface area contributed by atoms with Crippen LogP contribution < -0.4 is 0 Å². The van der Waals surface area contributed by atoms with E-state index in [1.807, 2.05) is 0 Å². The number of rotatable bonds is 1. The van der Waals surface area contributed by atoms with Crippen LogP contribution in [0.4, 0.5) is 0 Å². The zero-order valence-corrected chi connectivity index (χ0v) is 9.77. The number of aromatic amines is 1. The summed E-state index contributed by atoms with van der Waals surface area (Å²) in [6, 6.07) is 4.39. The Morgan fingerprint density at radius 3 is 2.69 bits per heavy atom. The van der Waals surface area contributed by atoms with Crippen LogP contribution >= 0.6 is 0 Å². The Bertz CT molecular complexity index is 672. The van der Waals surface area contributed by atoms with E-state index in [2.05, 4.69) is 15.4 Å². The van der Waals surface area contributed by atoms with Gasteiger partial charge in [0, 0.05) is 22.4 Å².